The van der Waals surface area contributed by atoms with Crippen molar-refractivity contribution >= 4 is 45.8 Å². The average molecular weight is 603 g/mol. The predicted octanol–water partition coefficient (Wildman–Crippen LogP) is -0.150. The van der Waals surface area contributed by atoms with E-state index in [1.807, 2.05) is 0 Å². The summed E-state index contributed by atoms with van der Waals surface area (Å²) in [5, 5.41) is 21.1. The van der Waals surface area contributed by atoms with Gasteiger partial charge in [-0.2, -0.15) is 0 Å². The van der Waals surface area contributed by atoms with Gasteiger partial charge < -0.3 is 57.5 Å². The van der Waals surface area contributed by atoms with Crippen molar-refractivity contribution in [2.24, 2.45) is 0 Å². The average Bonchev–Trinajstić information content (AvgIpc) is 2.95. The van der Waals surface area contributed by atoms with Crippen LogP contribution in [0.3, 0.4) is 0 Å². The summed E-state index contributed by atoms with van der Waals surface area (Å²) in [7, 11) is -17.8. The summed E-state index contributed by atoms with van der Waals surface area (Å²) in [4.78, 5) is 54.4. The molecular weight excluding hydrogens is 577 g/mol. The molecule has 2 aromatic rings. The lowest BCUT2D eigenvalue weighted by molar-refractivity contribution is -0.250. The van der Waals surface area contributed by atoms with Crippen molar-refractivity contribution in [2.45, 2.75) is 24.5 Å². The Morgan fingerprint density at radius 1 is 0.972 bits per heavy atom. The van der Waals surface area contributed by atoms with Crippen LogP contribution in [0.15, 0.2) is 35.3 Å². The lowest BCUT2D eigenvalue weighted by Crippen LogP contribution is -2.35. The number of pyridine rings is 1. The lowest BCUT2D eigenvalue weighted by Gasteiger charge is -2.33. The first kappa shape index (κ1) is 34.9. The first-order chi connectivity index (χ1) is 15.1. The van der Waals surface area contributed by atoms with Gasteiger partial charge in [-0.05, 0) is 6.07 Å². The zero-order valence-electron chi connectivity index (χ0n) is 18.9. The van der Waals surface area contributed by atoms with Gasteiger partial charge in [0.1, 0.15) is 18.3 Å². The molecule has 3 unspecified atom stereocenters. The van der Waals surface area contributed by atoms with Gasteiger partial charge in [0.05, 0.1) is 11.6 Å². The van der Waals surface area contributed by atoms with E-state index in [2.05, 4.69) is 13.1 Å². The molecule has 22 heteroatoms. The molecule has 0 saturated carbocycles. The molecule has 0 aliphatic carbocycles. The number of fused-ring (bicyclic) bond motifs is 1. The lowest BCUT2D eigenvalue weighted by atomic mass is 10.1. The SMILES string of the molecule is O=c1c2ccccc2c(Cl)cn1[C@@H]1O[C@H](COP(=O)([O-])OP(=O)([O-])OP(=O)([O-])O)[C@@H](O)[C@H]1O.[NH4+].[NH4+].[NH4+]. The number of aliphatic hydroxyl groups is 2. The number of quaternary nitrogens is 3. The maximum absolute atomic E-state index is 12.8. The molecule has 18 nitrogen and oxygen atoms in total. The van der Waals surface area contributed by atoms with E-state index in [1.54, 1.807) is 18.2 Å². The van der Waals surface area contributed by atoms with E-state index < -0.39 is 60.2 Å². The minimum absolute atomic E-state index is 0. The van der Waals surface area contributed by atoms with E-state index in [1.165, 1.54) is 6.07 Å². The van der Waals surface area contributed by atoms with Crippen LogP contribution in [-0.2, 0) is 31.6 Å². The van der Waals surface area contributed by atoms with Crippen LogP contribution in [0, 0.1) is 0 Å². The summed E-state index contributed by atoms with van der Waals surface area (Å²) in [5.41, 5.74) is -0.652. The maximum atomic E-state index is 12.8. The molecule has 3 rings (SSSR count). The molecule has 7 atom stereocenters. The van der Waals surface area contributed by atoms with Gasteiger partial charge >= 0.3 is 0 Å². The Balaban J connectivity index is 0.00000408. The first-order valence-electron chi connectivity index (χ1n) is 8.64. The number of hydrogen-bond acceptors (Lipinski definition) is 13. The highest BCUT2D eigenvalue weighted by Gasteiger charge is 2.45. The summed E-state index contributed by atoms with van der Waals surface area (Å²) in [5.74, 6) is 0. The molecule has 15 N–H and O–H groups in total. The molecule has 1 aliphatic heterocycles. The highest BCUT2D eigenvalue weighted by molar-refractivity contribution is 7.65. The third kappa shape index (κ3) is 8.19. The number of benzene rings is 1. The van der Waals surface area contributed by atoms with Crippen molar-refractivity contribution in [2.75, 3.05) is 6.61 Å². The van der Waals surface area contributed by atoms with Gasteiger partial charge in [-0.25, -0.2) is 8.62 Å². The highest BCUT2D eigenvalue weighted by Crippen LogP contribution is 2.61. The van der Waals surface area contributed by atoms with Crippen LogP contribution in [0.4, 0.5) is 0 Å². The van der Waals surface area contributed by atoms with E-state index in [4.69, 9.17) is 21.2 Å². The fraction of sp³-hybridized carbons (Fsp3) is 0.357. The van der Waals surface area contributed by atoms with Gasteiger partial charge in [0.15, 0.2) is 6.23 Å². The normalized spacial score (nSPS) is 26.4. The second-order valence-electron chi connectivity index (χ2n) is 6.60. The Labute approximate surface area is 207 Å². The van der Waals surface area contributed by atoms with Gasteiger partial charge in [-0.1, -0.05) is 29.8 Å². The third-order valence-corrected chi connectivity index (χ3v) is 8.31. The number of rotatable bonds is 8. The highest BCUT2D eigenvalue weighted by atomic mass is 35.5. The van der Waals surface area contributed by atoms with Gasteiger partial charge in [0, 0.05) is 17.0 Å². The van der Waals surface area contributed by atoms with Crippen LogP contribution in [0.1, 0.15) is 6.23 Å². The number of aromatic nitrogens is 1. The molecular formula is C14H26ClN4O14P3. The van der Waals surface area contributed by atoms with Crippen LogP contribution >= 0.6 is 35.1 Å². The molecule has 0 amide bonds. The molecule has 0 spiro atoms. The predicted molar refractivity (Wildman–Crippen MR) is 120 cm³/mol. The van der Waals surface area contributed by atoms with Crippen LogP contribution in [0.5, 0.6) is 0 Å². The summed E-state index contributed by atoms with van der Waals surface area (Å²) < 4.78 is 50.3. The number of phosphoric ester groups is 1. The summed E-state index contributed by atoms with van der Waals surface area (Å²) in [6.07, 6.45) is -5.61. The Morgan fingerprint density at radius 2 is 1.53 bits per heavy atom. The van der Waals surface area contributed by atoms with Crippen LogP contribution in [0.25, 0.3) is 10.8 Å². The number of aliphatic hydroxyl groups excluding tert-OH is 2. The number of halogens is 1. The van der Waals surface area contributed by atoms with Gasteiger partial charge in [0.2, 0.25) is 0 Å². The van der Waals surface area contributed by atoms with Crippen LogP contribution in [-0.4, -0.2) is 44.6 Å². The van der Waals surface area contributed by atoms with E-state index >= 15 is 0 Å². The fourth-order valence-corrected chi connectivity index (χ4v) is 6.17. The van der Waals surface area contributed by atoms with E-state index in [0.29, 0.717) is 5.39 Å². The number of phosphoric acid groups is 3. The van der Waals surface area contributed by atoms with Crippen molar-refractivity contribution in [1.29, 1.82) is 0 Å². The third-order valence-electron chi connectivity index (χ3n) is 4.31. The molecule has 36 heavy (non-hydrogen) atoms. The number of ether oxygens (including phenoxy) is 1. The molecule has 208 valence electrons. The molecule has 1 aromatic heterocycles. The van der Waals surface area contributed by atoms with Crippen LogP contribution < -0.4 is 38.7 Å². The smallest absolute Gasteiger partial charge is 0.280 e. The fourth-order valence-electron chi connectivity index (χ4n) is 3.01. The monoisotopic (exact) mass is 602 g/mol. The Hall–Kier alpha value is -1.11. The molecule has 2 heterocycles. The quantitative estimate of drug-likeness (QED) is 0.214. The summed E-state index contributed by atoms with van der Waals surface area (Å²) in [6.45, 7) is -1.13. The standard InChI is InChI=1S/C14H17ClNO14P3.3H3N/c15-9-5-16(13(19)8-4-2-1-3-7(8)9)14-12(18)11(17)10(28-14)6-27-32(23,24)30-33(25,26)29-31(20,21)22;;;/h1-5,10-12,14,17-18H,6H2,(H,23,24)(H,25,26)(H2,20,21,22);3*1H3/t10-,11-,12-,14-;;;/m1.../s1. The van der Waals surface area contributed by atoms with Gasteiger partial charge in [0.25, 0.3) is 29.0 Å². The largest absolute Gasteiger partial charge is 0.756 e. The van der Waals surface area contributed by atoms with E-state index in [0.717, 1.165) is 10.8 Å². The zero-order chi connectivity index (χ0) is 24.8. The molecule has 0 radical (unpaired) electrons. The topological polar surface area (TPSA) is 350 Å². The second kappa shape index (κ2) is 12.6. The first-order valence-corrected chi connectivity index (χ1v) is 13.4. The summed E-state index contributed by atoms with van der Waals surface area (Å²) in [6, 6.07) is 6.24. The van der Waals surface area contributed by atoms with Crippen LogP contribution in [0.2, 0.25) is 5.02 Å². The number of hydrogen-bond donors (Lipinski definition) is 6. The molecule has 0 bridgehead atoms. The Kier molecular flexibility index (Phi) is 12.2. The minimum atomic E-state index is -6.11. The van der Waals surface area contributed by atoms with E-state index in [-0.39, 0.29) is 28.9 Å². The molecule has 1 saturated heterocycles. The van der Waals surface area contributed by atoms with Gasteiger partial charge in [-0.15, -0.1) is 0 Å². The van der Waals surface area contributed by atoms with Crippen molar-refractivity contribution in [1.82, 2.24) is 23.0 Å². The molecule has 1 fully saturated rings. The van der Waals surface area contributed by atoms with Crippen molar-refractivity contribution in [3.05, 3.63) is 45.8 Å². The molecule has 1 aromatic carbocycles. The molecule has 1 aliphatic rings. The van der Waals surface area contributed by atoms with Crippen molar-refractivity contribution < 1.29 is 61.4 Å². The second-order valence-corrected chi connectivity index (χ2v) is 11.3. The van der Waals surface area contributed by atoms with Crippen molar-refractivity contribution in [3.8, 4) is 0 Å². The Bertz CT molecular complexity index is 1260. The summed E-state index contributed by atoms with van der Waals surface area (Å²) >= 11 is 6.15. The zero-order valence-corrected chi connectivity index (χ0v) is 22.3. The maximum Gasteiger partial charge on any atom is 0.280 e. The minimum Gasteiger partial charge on any atom is -0.756 e. The number of nitrogens with zero attached hydrogens (tertiary/aromatic N) is 1. The van der Waals surface area contributed by atoms with E-state index in [9.17, 15) is 43.4 Å². The van der Waals surface area contributed by atoms with Gasteiger partial charge in [-0.3, -0.25) is 23.1 Å². The van der Waals surface area contributed by atoms with Crippen molar-refractivity contribution in [3.63, 3.8) is 0 Å². The Morgan fingerprint density at radius 3 is 2.08 bits per heavy atom.